The van der Waals surface area contributed by atoms with Crippen molar-refractivity contribution in [3.05, 3.63) is 51.2 Å². The molecule has 1 fully saturated rings. The molecule has 0 bridgehead atoms. The summed E-state index contributed by atoms with van der Waals surface area (Å²) in [5.74, 6) is -0.0649. The van der Waals surface area contributed by atoms with Crippen LogP contribution in [0.2, 0.25) is 4.34 Å². The van der Waals surface area contributed by atoms with E-state index in [0.29, 0.717) is 19.6 Å². The number of carbonyl (C=O) groups excluding carboxylic acids is 2. The Morgan fingerprint density at radius 3 is 2.34 bits per heavy atom. The molecule has 1 aromatic carbocycles. The van der Waals surface area contributed by atoms with Crippen LogP contribution < -0.4 is 10.6 Å². The number of hydrogen-bond donors (Lipinski definition) is 2. The maximum atomic E-state index is 12.5. The quantitative estimate of drug-likeness (QED) is 0.721. The Morgan fingerprint density at radius 1 is 1.07 bits per heavy atom. The molecule has 0 saturated carbocycles. The van der Waals surface area contributed by atoms with Crippen LogP contribution >= 0.6 is 22.9 Å². The summed E-state index contributed by atoms with van der Waals surface area (Å²) in [6.07, 6.45) is 0. The van der Waals surface area contributed by atoms with E-state index in [2.05, 4.69) is 21.6 Å². The van der Waals surface area contributed by atoms with Crippen LogP contribution in [-0.2, 0) is 17.9 Å². The van der Waals surface area contributed by atoms with E-state index in [1.54, 1.807) is 11.3 Å². The van der Waals surface area contributed by atoms with Gasteiger partial charge in [-0.1, -0.05) is 37.6 Å². The highest BCUT2D eigenvalue weighted by molar-refractivity contribution is 7.16. The molecule has 6 nitrogen and oxygen atoms in total. The van der Waals surface area contributed by atoms with E-state index < -0.39 is 0 Å². The number of anilines is 1. The second-order valence-corrected chi connectivity index (χ2v) is 9.27. The van der Waals surface area contributed by atoms with Crippen LogP contribution in [0.3, 0.4) is 0 Å². The summed E-state index contributed by atoms with van der Waals surface area (Å²) >= 11 is 7.60. The topological polar surface area (TPSA) is 64.7 Å². The lowest BCUT2D eigenvalue weighted by molar-refractivity contribution is -0.118. The summed E-state index contributed by atoms with van der Waals surface area (Å²) in [5, 5.41) is 5.84. The summed E-state index contributed by atoms with van der Waals surface area (Å²) in [6, 6.07) is 11.5. The first-order valence-electron chi connectivity index (χ1n) is 9.80. The van der Waals surface area contributed by atoms with Gasteiger partial charge in [-0.25, -0.2) is 4.79 Å². The van der Waals surface area contributed by atoms with Crippen LogP contribution in [0.5, 0.6) is 0 Å². The standard InChI is InChI=1S/C21H27ClN4O2S/c1-15(2)20(27)24-17-5-3-16(4-6-17)13-23-21(28)26-11-9-25(10-12-26)14-18-7-8-19(22)29-18/h3-8,15H,9-14H2,1-2H3,(H,23,28)(H,24,27). The predicted molar refractivity (Wildman–Crippen MR) is 118 cm³/mol. The zero-order chi connectivity index (χ0) is 20.8. The monoisotopic (exact) mass is 434 g/mol. The van der Waals surface area contributed by atoms with Crippen LogP contribution in [0, 0.1) is 5.92 Å². The molecule has 156 valence electrons. The van der Waals surface area contributed by atoms with Gasteiger partial charge in [0.2, 0.25) is 5.91 Å². The fourth-order valence-electron chi connectivity index (χ4n) is 3.05. The molecule has 1 aromatic heterocycles. The van der Waals surface area contributed by atoms with E-state index in [4.69, 9.17) is 11.6 Å². The Morgan fingerprint density at radius 2 is 1.76 bits per heavy atom. The van der Waals surface area contributed by atoms with Gasteiger partial charge in [-0.15, -0.1) is 11.3 Å². The Bertz CT molecular complexity index is 829. The van der Waals surface area contributed by atoms with E-state index in [1.807, 2.05) is 49.1 Å². The molecule has 0 spiro atoms. The van der Waals surface area contributed by atoms with E-state index in [-0.39, 0.29) is 17.9 Å². The molecule has 29 heavy (non-hydrogen) atoms. The van der Waals surface area contributed by atoms with E-state index >= 15 is 0 Å². The number of benzene rings is 1. The third-order valence-corrected chi connectivity index (χ3v) is 6.07. The van der Waals surface area contributed by atoms with Gasteiger partial charge in [0.05, 0.1) is 4.34 Å². The van der Waals surface area contributed by atoms with Crippen molar-refractivity contribution < 1.29 is 9.59 Å². The minimum Gasteiger partial charge on any atom is -0.334 e. The molecular formula is C21H27ClN4O2S. The number of carbonyl (C=O) groups is 2. The fourth-order valence-corrected chi connectivity index (χ4v) is 4.18. The first-order valence-corrected chi connectivity index (χ1v) is 11.0. The van der Waals surface area contributed by atoms with Gasteiger partial charge in [0, 0.05) is 55.8 Å². The third kappa shape index (κ3) is 6.45. The van der Waals surface area contributed by atoms with Gasteiger partial charge < -0.3 is 15.5 Å². The van der Waals surface area contributed by atoms with Crippen molar-refractivity contribution in [2.45, 2.75) is 26.9 Å². The lowest BCUT2D eigenvalue weighted by Gasteiger charge is -2.34. The number of urea groups is 1. The van der Waals surface area contributed by atoms with Gasteiger partial charge in [-0.05, 0) is 29.8 Å². The van der Waals surface area contributed by atoms with Crippen molar-refractivity contribution >= 4 is 40.6 Å². The second kappa shape index (κ2) is 10.1. The van der Waals surface area contributed by atoms with Crippen molar-refractivity contribution in [3.63, 3.8) is 0 Å². The Balaban J connectivity index is 1.40. The van der Waals surface area contributed by atoms with Crippen molar-refractivity contribution in [1.82, 2.24) is 15.1 Å². The zero-order valence-electron chi connectivity index (χ0n) is 16.8. The normalized spacial score (nSPS) is 14.8. The molecule has 1 aliphatic rings. The Kier molecular flexibility index (Phi) is 7.52. The van der Waals surface area contributed by atoms with Crippen LogP contribution in [0.15, 0.2) is 36.4 Å². The molecule has 8 heteroatoms. The highest BCUT2D eigenvalue weighted by Crippen LogP contribution is 2.23. The van der Waals surface area contributed by atoms with Crippen LogP contribution in [0.4, 0.5) is 10.5 Å². The molecule has 0 unspecified atom stereocenters. The average molecular weight is 435 g/mol. The van der Waals surface area contributed by atoms with Gasteiger partial charge in [0.25, 0.3) is 0 Å². The molecule has 0 radical (unpaired) electrons. The summed E-state index contributed by atoms with van der Waals surface area (Å²) in [6.45, 7) is 8.20. The minimum atomic E-state index is -0.0578. The van der Waals surface area contributed by atoms with E-state index in [1.165, 1.54) is 4.88 Å². The lowest BCUT2D eigenvalue weighted by atomic mass is 10.1. The second-order valence-electron chi connectivity index (χ2n) is 7.47. The first-order chi connectivity index (χ1) is 13.9. The number of hydrogen-bond acceptors (Lipinski definition) is 4. The summed E-state index contributed by atoms with van der Waals surface area (Å²) in [4.78, 5) is 29.6. The van der Waals surface area contributed by atoms with Crippen molar-refractivity contribution in [2.75, 3.05) is 31.5 Å². The summed E-state index contributed by atoms with van der Waals surface area (Å²) in [5.41, 5.74) is 1.76. The number of nitrogens with one attached hydrogen (secondary N) is 2. The molecule has 1 saturated heterocycles. The van der Waals surface area contributed by atoms with Crippen LogP contribution in [0.25, 0.3) is 0 Å². The molecule has 0 aliphatic carbocycles. The van der Waals surface area contributed by atoms with Gasteiger partial charge >= 0.3 is 6.03 Å². The average Bonchev–Trinajstić information content (AvgIpc) is 3.12. The highest BCUT2D eigenvalue weighted by atomic mass is 35.5. The fraction of sp³-hybridized carbons (Fsp3) is 0.429. The van der Waals surface area contributed by atoms with E-state index in [9.17, 15) is 9.59 Å². The number of thiophene rings is 1. The largest absolute Gasteiger partial charge is 0.334 e. The molecule has 2 N–H and O–H groups in total. The highest BCUT2D eigenvalue weighted by Gasteiger charge is 2.21. The number of piperazine rings is 1. The van der Waals surface area contributed by atoms with Crippen LogP contribution in [0.1, 0.15) is 24.3 Å². The summed E-state index contributed by atoms with van der Waals surface area (Å²) in [7, 11) is 0. The molecule has 2 heterocycles. The van der Waals surface area contributed by atoms with Crippen LogP contribution in [-0.4, -0.2) is 47.9 Å². The van der Waals surface area contributed by atoms with E-state index in [0.717, 1.165) is 35.2 Å². The molecule has 3 amide bonds. The van der Waals surface area contributed by atoms with Crippen molar-refractivity contribution in [3.8, 4) is 0 Å². The summed E-state index contributed by atoms with van der Waals surface area (Å²) < 4.78 is 0.813. The predicted octanol–water partition coefficient (Wildman–Crippen LogP) is 4.02. The molecule has 2 aromatic rings. The van der Waals surface area contributed by atoms with Gasteiger partial charge in [-0.3, -0.25) is 9.69 Å². The number of amides is 3. The molecular weight excluding hydrogens is 408 g/mol. The van der Waals surface area contributed by atoms with Gasteiger partial charge in [0.1, 0.15) is 0 Å². The Labute approximate surface area is 180 Å². The number of rotatable bonds is 6. The maximum Gasteiger partial charge on any atom is 0.317 e. The minimum absolute atomic E-state index is 0.00706. The van der Waals surface area contributed by atoms with Crippen molar-refractivity contribution in [1.29, 1.82) is 0 Å². The van der Waals surface area contributed by atoms with Gasteiger partial charge in [-0.2, -0.15) is 0 Å². The molecule has 0 atom stereocenters. The molecule has 1 aliphatic heterocycles. The first kappa shape index (κ1) is 21.6. The van der Waals surface area contributed by atoms with Gasteiger partial charge in [0.15, 0.2) is 0 Å². The Hall–Kier alpha value is -2.09. The SMILES string of the molecule is CC(C)C(=O)Nc1ccc(CNC(=O)N2CCN(Cc3ccc(Cl)s3)CC2)cc1. The smallest absolute Gasteiger partial charge is 0.317 e. The zero-order valence-corrected chi connectivity index (χ0v) is 18.4. The maximum absolute atomic E-state index is 12.5. The third-order valence-electron chi connectivity index (χ3n) is 4.86. The molecule has 3 rings (SSSR count). The number of halogens is 1. The number of nitrogens with zero attached hydrogens (tertiary/aromatic N) is 2. The van der Waals surface area contributed by atoms with Crippen molar-refractivity contribution in [2.24, 2.45) is 5.92 Å². The lowest BCUT2D eigenvalue weighted by Crippen LogP contribution is -2.51.